The highest BCUT2D eigenvalue weighted by molar-refractivity contribution is 5.99. The molecule has 0 aliphatic carbocycles. The normalized spacial score (nSPS) is 9.62. The molecule has 1 N–H and O–H groups in total. The van der Waals surface area contributed by atoms with Crippen LogP contribution in [0, 0.1) is 0 Å². The lowest BCUT2D eigenvalue weighted by atomic mass is 10.1. The molecule has 16 heavy (non-hydrogen) atoms. The molecular weight excluding hydrogens is 206 g/mol. The molecule has 0 bridgehead atoms. The summed E-state index contributed by atoms with van der Waals surface area (Å²) in [6, 6.07) is 6.86. The van der Waals surface area contributed by atoms with Gasteiger partial charge in [-0.1, -0.05) is 0 Å². The van der Waals surface area contributed by atoms with Gasteiger partial charge in [-0.05, 0) is 31.2 Å². The van der Waals surface area contributed by atoms with Crippen molar-refractivity contribution >= 4 is 11.7 Å². The summed E-state index contributed by atoms with van der Waals surface area (Å²) >= 11 is 0. The van der Waals surface area contributed by atoms with Gasteiger partial charge >= 0.3 is 0 Å². The fourth-order valence-corrected chi connectivity index (χ4v) is 1.21. The zero-order valence-electron chi connectivity index (χ0n) is 9.45. The maximum absolute atomic E-state index is 11.6. The third-order valence-corrected chi connectivity index (χ3v) is 1.99. The Morgan fingerprint density at radius 3 is 2.38 bits per heavy atom. The molecular formula is C12H15NO3. The van der Waals surface area contributed by atoms with Crippen LogP contribution in [0.4, 0.5) is 0 Å². The highest BCUT2D eigenvalue weighted by Gasteiger charge is 2.06. The SMILES string of the molecule is CCOc1ccc(C(=O)CNC(C)=O)cc1. The molecule has 4 heteroatoms. The monoisotopic (exact) mass is 221 g/mol. The Morgan fingerprint density at radius 2 is 1.88 bits per heavy atom. The van der Waals surface area contributed by atoms with Gasteiger partial charge in [-0.25, -0.2) is 0 Å². The van der Waals surface area contributed by atoms with Crippen LogP contribution in [-0.2, 0) is 4.79 Å². The average Bonchev–Trinajstić information content (AvgIpc) is 2.27. The number of ketones is 1. The Kier molecular flexibility index (Phi) is 4.51. The van der Waals surface area contributed by atoms with Gasteiger partial charge in [-0.15, -0.1) is 0 Å². The van der Waals surface area contributed by atoms with E-state index in [0.29, 0.717) is 12.2 Å². The quantitative estimate of drug-likeness (QED) is 0.765. The number of amides is 1. The van der Waals surface area contributed by atoms with E-state index in [0.717, 1.165) is 5.75 Å². The van der Waals surface area contributed by atoms with Crippen molar-refractivity contribution in [3.8, 4) is 5.75 Å². The summed E-state index contributed by atoms with van der Waals surface area (Å²) in [5.74, 6) is 0.413. The minimum Gasteiger partial charge on any atom is -0.494 e. The van der Waals surface area contributed by atoms with E-state index in [1.807, 2.05) is 6.92 Å². The average molecular weight is 221 g/mol. The molecule has 0 aromatic heterocycles. The Hall–Kier alpha value is -1.84. The molecule has 0 aliphatic rings. The standard InChI is InChI=1S/C12H15NO3/c1-3-16-11-6-4-10(5-7-11)12(15)8-13-9(2)14/h4-7H,3,8H2,1-2H3,(H,13,14). The molecule has 86 valence electrons. The van der Waals surface area contributed by atoms with Gasteiger partial charge in [0.1, 0.15) is 5.75 Å². The lowest BCUT2D eigenvalue weighted by Crippen LogP contribution is -2.27. The zero-order chi connectivity index (χ0) is 12.0. The molecule has 4 nitrogen and oxygen atoms in total. The Labute approximate surface area is 94.6 Å². The lowest BCUT2D eigenvalue weighted by Gasteiger charge is -2.04. The van der Waals surface area contributed by atoms with Crippen molar-refractivity contribution in [1.82, 2.24) is 5.32 Å². The molecule has 1 rings (SSSR count). The van der Waals surface area contributed by atoms with E-state index in [2.05, 4.69) is 5.32 Å². The predicted octanol–water partition coefficient (Wildman–Crippen LogP) is 1.40. The van der Waals surface area contributed by atoms with Gasteiger partial charge in [0.25, 0.3) is 0 Å². The molecule has 0 heterocycles. The van der Waals surface area contributed by atoms with Crippen LogP contribution in [0.5, 0.6) is 5.75 Å². The zero-order valence-corrected chi connectivity index (χ0v) is 9.45. The summed E-state index contributed by atoms with van der Waals surface area (Å²) in [6.45, 7) is 3.91. The van der Waals surface area contributed by atoms with Crippen molar-refractivity contribution in [2.75, 3.05) is 13.2 Å². The number of ether oxygens (including phenoxy) is 1. The highest BCUT2D eigenvalue weighted by Crippen LogP contribution is 2.12. The largest absolute Gasteiger partial charge is 0.494 e. The predicted molar refractivity (Wildman–Crippen MR) is 60.6 cm³/mol. The van der Waals surface area contributed by atoms with Gasteiger partial charge in [0.15, 0.2) is 5.78 Å². The van der Waals surface area contributed by atoms with E-state index in [1.165, 1.54) is 6.92 Å². The first-order chi connectivity index (χ1) is 7.63. The van der Waals surface area contributed by atoms with Gasteiger partial charge in [-0.3, -0.25) is 9.59 Å². The van der Waals surface area contributed by atoms with Crippen LogP contribution in [-0.4, -0.2) is 24.8 Å². The molecule has 1 amide bonds. The molecule has 0 atom stereocenters. The van der Waals surface area contributed by atoms with Crippen LogP contribution in [0.25, 0.3) is 0 Å². The van der Waals surface area contributed by atoms with Crippen LogP contribution >= 0.6 is 0 Å². The number of hydrogen-bond donors (Lipinski definition) is 1. The van der Waals surface area contributed by atoms with Gasteiger partial charge in [0.05, 0.1) is 13.2 Å². The number of rotatable bonds is 5. The first kappa shape index (κ1) is 12.2. The van der Waals surface area contributed by atoms with Crippen molar-refractivity contribution in [2.24, 2.45) is 0 Å². The second-order valence-corrected chi connectivity index (χ2v) is 3.29. The highest BCUT2D eigenvalue weighted by atomic mass is 16.5. The van der Waals surface area contributed by atoms with Crippen molar-refractivity contribution in [3.63, 3.8) is 0 Å². The molecule has 0 saturated heterocycles. The van der Waals surface area contributed by atoms with Gasteiger partial charge < -0.3 is 10.1 Å². The Bertz CT molecular complexity index is 370. The molecule has 0 aliphatic heterocycles. The Morgan fingerprint density at radius 1 is 1.25 bits per heavy atom. The first-order valence-corrected chi connectivity index (χ1v) is 5.14. The maximum Gasteiger partial charge on any atom is 0.217 e. The van der Waals surface area contributed by atoms with Crippen molar-refractivity contribution in [2.45, 2.75) is 13.8 Å². The van der Waals surface area contributed by atoms with Crippen LogP contribution < -0.4 is 10.1 Å². The van der Waals surface area contributed by atoms with Gasteiger partial charge in [0.2, 0.25) is 5.91 Å². The van der Waals surface area contributed by atoms with Crippen LogP contribution in [0.3, 0.4) is 0 Å². The molecule has 0 unspecified atom stereocenters. The number of benzene rings is 1. The van der Waals surface area contributed by atoms with Gasteiger partial charge in [-0.2, -0.15) is 0 Å². The number of carbonyl (C=O) groups excluding carboxylic acids is 2. The first-order valence-electron chi connectivity index (χ1n) is 5.14. The van der Waals surface area contributed by atoms with E-state index in [4.69, 9.17) is 4.74 Å². The second kappa shape index (κ2) is 5.90. The minimum absolute atomic E-state index is 0.0311. The Balaban J connectivity index is 2.59. The number of nitrogens with one attached hydrogen (secondary N) is 1. The van der Waals surface area contributed by atoms with E-state index < -0.39 is 0 Å². The summed E-state index contributed by atoms with van der Waals surface area (Å²) in [4.78, 5) is 22.2. The topological polar surface area (TPSA) is 55.4 Å². The smallest absolute Gasteiger partial charge is 0.217 e. The molecule has 1 aromatic rings. The van der Waals surface area contributed by atoms with Crippen molar-refractivity contribution < 1.29 is 14.3 Å². The summed E-state index contributed by atoms with van der Waals surface area (Å²) in [5, 5.41) is 2.46. The van der Waals surface area contributed by atoms with Crippen LogP contribution in [0.1, 0.15) is 24.2 Å². The van der Waals surface area contributed by atoms with E-state index in [1.54, 1.807) is 24.3 Å². The van der Waals surface area contributed by atoms with E-state index in [9.17, 15) is 9.59 Å². The lowest BCUT2D eigenvalue weighted by molar-refractivity contribution is -0.118. The van der Waals surface area contributed by atoms with E-state index >= 15 is 0 Å². The minimum atomic E-state index is -0.209. The second-order valence-electron chi connectivity index (χ2n) is 3.29. The fraction of sp³-hybridized carbons (Fsp3) is 0.333. The summed E-state index contributed by atoms with van der Waals surface area (Å²) in [7, 11) is 0. The summed E-state index contributed by atoms with van der Waals surface area (Å²) in [5.41, 5.74) is 0.567. The number of Topliss-reactive ketones (excluding diaryl/α,β-unsaturated/α-hetero) is 1. The number of carbonyl (C=O) groups is 2. The van der Waals surface area contributed by atoms with Crippen LogP contribution in [0.2, 0.25) is 0 Å². The van der Waals surface area contributed by atoms with E-state index in [-0.39, 0.29) is 18.2 Å². The summed E-state index contributed by atoms with van der Waals surface area (Å²) in [6.07, 6.45) is 0. The number of hydrogen-bond acceptors (Lipinski definition) is 3. The third-order valence-electron chi connectivity index (χ3n) is 1.99. The molecule has 0 radical (unpaired) electrons. The summed E-state index contributed by atoms with van der Waals surface area (Å²) < 4.78 is 5.26. The molecule has 0 spiro atoms. The van der Waals surface area contributed by atoms with Crippen LogP contribution in [0.15, 0.2) is 24.3 Å². The molecule has 0 fully saturated rings. The third kappa shape index (κ3) is 3.73. The molecule has 1 aromatic carbocycles. The molecule has 0 saturated carbocycles. The maximum atomic E-state index is 11.6. The fourth-order valence-electron chi connectivity index (χ4n) is 1.21. The van der Waals surface area contributed by atoms with Crippen molar-refractivity contribution in [1.29, 1.82) is 0 Å². The van der Waals surface area contributed by atoms with Gasteiger partial charge in [0, 0.05) is 12.5 Å². The van der Waals surface area contributed by atoms with Crippen molar-refractivity contribution in [3.05, 3.63) is 29.8 Å².